The van der Waals surface area contributed by atoms with Gasteiger partial charge in [0.15, 0.2) is 0 Å². The van der Waals surface area contributed by atoms with Gasteiger partial charge in [0, 0.05) is 35.9 Å². The van der Waals surface area contributed by atoms with Crippen molar-refractivity contribution >= 4 is 25.8 Å². The van der Waals surface area contributed by atoms with Crippen LogP contribution in [0.1, 0.15) is 33.6 Å². The summed E-state index contributed by atoms with van der Waals surface area (Å²) in [7, 11) is 1.72. The molecule has 0 saturated carbocycles. The molecule has 0 aromatic heterocycles. The van der Waals surface area contributed by atoms with Gasteiger partial charge in [0.05, 0.1) is 5.75 Å². The second-order valence-corrected chi connectivity index (χ2v) is 8.93. The first-order valence-corrected chi connectivity index (χ1v) is 8.96. The maximum absolute atomic E-state index is 11.7. The summed E-state index contributed by atoms with van der Waals surface area (Å²) in [5.74, 6) is -0.180. The van der Waals surface area contributed by atoms with Gasteiger partial charge in [0.2, 0.25) is 9.05 Å². The average molecular weight is 328 g/mol. The van der Waals surface area contributed by atoms with E-state index in [1.54, 1.807) is 20.8 Å². The number of carbonyl (C=O) groups is 1. The highest BCUT2D eigenvalue weighted by Gasteiger charge is 2.37. The molecular formula is C12H22ClNO5S. The van der Waals surface area contributed by atoms with Crippen molar-refractivity contribution in [2.24, 2.45) is 5.41 Å². The molecule has 0 radical (unpaired) electrons. The Morgan fingerprint density at radius 2 is 1.90 bits per heavy atom. The van der Waals surface area contributed by atoms with Crippen LogP contribution in [0.5, 0.6) is 0 Å². The van der Waals surface area contributed by atoms with E-state index in [4.69, 9.17) is 20.2 Å². The van der Waals surface area contributed by atoms with Crippen molar-refractivity contribution in [3.8, 4) is 0 Å². The average Bonchev–Trinajstić information content (AvgIpc) is 2.23. The Hall–Kier alpha value is -0.530. The minimum absolute atomic E-state index is 0.180. The first-order chi connectivity index (χ1) is 9.02. The molecule has 1 fully saturated rings. The van der Waals surface area contributed by atoms with Crippen molar-refractivity contribution in [1.29, 1.82) is 0 Å². The second-order valence-electron chi connectivity index (χ2n) is 6.15. The fraction of sp³-hybridized carbons (Fsp3) is 0.917. The van der Waals surface area contributed by atoms with E-state index in [-0.39, 0.29) is 12.3 Å². The van der Waals surface area contributed by atoms with E-state index >= 15 is 0 Å². The molecule has 0 spiro atoms. The Balaban J connectivity index is 2.64. The van der Waals surface area contributed by atoms with E-state index in [0.29, 0.717) is 26.1 Å². The molecule has 1 N–H and O–H groups in total. The molecule has 0 aromatic carbocycles. The predicted octanol–water partition coefficient (Wildman–Crippen LogP) is 1.88. The first kappa shape index (κ1) is 17.5. The van der Waals surface area contributed by atoms with E-state index in [1.165, 1.54) is 0 Å². The Labute approximate surface area is 124 Å². The van der Waals surface area contributed by atoms with Crippen LogP contribution in [0.3, 0.4) is 0 Å². The zero-order chi connectivity index (χ0) is 15.4. The molecule has 0 aromatic rings. The van der Waals surface area contributed by atoms with Gasteiger partial charge in [0.25, 0.3) is 0 Å². The number of ether oxygens (including phenoxy) is 2. The van der Waals surface area contributed by atoms with Crippen LogP contribution in [-0.4, -0.2) is 45.6 Å². The van der Waals surface area contributed by atoms with E-state index in [2.05, 4.69) is 5.32 Å². The van der Waals surface area contributed by atoms with E-state index < -0.39 is 26.2 Å². The van der Waals surface area contributed by atoms with Gasteiger partial charge in [-0.05, 0) is 33.6 Å². The lowest BCUT2D eigenvalue weighted by Gasteiger charge is -2.36. The van der Waals surface area contributed by atoms with Gasteiger partial charge in [-0.15, -0.1) is 0 Å². The Kier molecular flexibility index (Phi) is 5.69. The largest absolute Gasteiger partial charge is 0.444 e. The number of rotatable bonds is 4. The molecule has 0 aliphatic carbocycles. The Morgan fingerprint density at radius 3 is 2.35 bits per heavy atom. The lowest BCUT2D eigenvalue weighted by Crippen LogP contribution is -2.46. The van der Waals surface area contributed by atoms with E-state index in [1.807, 2.05) is 0 Å². The lowest BCUT2D eigenvalue weighted by atomic mass is 9.82. The van der Waals surface area contributed by atoms with Crippen molar-refractivity contribution in [3.63, 3.8) is 0 Å². The summed E-state index contributed by atoms with van der Waals surface area (Å²) in [5.41, 5.74) is -1.18. The molecule has 118 valence electrons. The van der Waals surface area contributed by atoms with Crippen molar-refractivity contribution in [2.75, 3.05) is 25.5 Å². The maximum Gasteiger partial charge on any atom is 0.407 e. The standard InChI is InChI=1S/C12H22ClNO5S/c1-11(2,3)19-10(15)14-8-12(9-20(13,16)17)4-6-18-7-5-12/h4-9H2,1-3H3,(H,14,15). The second kappa shape index (κ2) is 6.49. The third kappa shape index (κ3) is 6.76. The van der Waals surface area contributed by atoms with Crippen LogP contribution < -0.4 is 5.32 Å². The predicted molar refractivity (Wildman–Crippen MR) is 76.4 cm³/mol. The maximum atomic E-state index is 11.7. The topological polar surface area (TPSA) is 81.7 Å². The van der Waals surface area contributed by atoms with Crippen LogP contribution in [0.25, 0.3) is 0 Å². The zero-order valence-electron chi connectivity index (χ0n) is 12.1. The number of nitrogens with one attached hydrogen (secondary N) is 1. The zero-order valence-corrected chi connectivity index (χ0v) is 13.6. The van der Waals surface area contributed by atoms with Gasteiger partial charge in [-0.2, -0.15) is 0 Å². The highest BCUT2D eigenvalue weighted by Crippen LogP contribution is 2.32. The molecule has 1 amide bonds. The van der Waals surface area contributed by atoms with Crippen LogP contribution in [0.15, 0.2) is 0 Å². The lowest BCUT2D eigenvalue weighted by molar-refractivity contribution is 0.0193. The summed E-state index contributed by atoms with van der Waals surface area (Å²) in [6.07, 6.45) is 0.513. The third-order valence-corrected chi connectivity index (χ3v) is 4.32. The van der Waals surface area contributed by atoms with E-state index in [0.717, 1.165) is 0 Å². The fourth-order valence-electron chi connectivity index (χ4n) is 2.12. The Bertz CT molecular complexity index is 437. The van der Waals surface area contributed by atoms with Gasteiger partial charge in [-0.3, -0.25) is 0 Å². The van der Waals surface area contributed by atoms with Crippen LogP contribution in [0.2, 0.25) is 0 Å². The van der Waals surface area contributed by atoms with E-state index in [9.17, 15) is 13.2 Å². The molecule has 1 rings (SSSR count). The molecule has 0 atom stereocenters. The van der Waals surface area contributed by atoms with Gasteiger partial charge in [-0.1, -0.05) is 0 Å². The number of hydrogen-bond acceptors (Lipinski definition) is 5. The van der Waals surface area contributed by atoms with Crippen molar-refractivity contribution in [3.05, 3.63) is 0 Å². The highest BCUT2D eigenvalue weighted by molar-refractivity contribution is 8.13. The van der Waals surface area contributed by atoms with Gasteiger partial charge in [-0.25, -0.2) is 13.2 Å². The van der Waals surface area contributed by atoms with Gasteiger partial charge < -0.3 is 14.8 Å². The summed E-state index contributed by atoms with van der Waals surface area (Å²) in [4.78, 5) is 11.7. The number of carbonyl (C=O) groups excluding carboxylic acids is 1. The molecule has 20 heavy (non-hydrogen) atoms. The summed E-state index contributed by atoms with van der Waals surface area (Å²) in [5, 5.41) is 2.63. The monoisotopic (exact) mass is 327 g/mol. The Morgan fingerprint density at radius 1 is 1.35 bits per heavy atom. The molecule has 1 aliphatic heterocycles. The third-order valence-electron chi connectivity index (χ3n) is 3.04. The summed E-state index contributed by atoms with van der Waals surface area (Å²) in [6.45, 7) is 6.42. The highest BCUT2D eigenvalue weighted by atomic mass is 35.7. The number of halogens is 1. The van der Waals surface area contributed by atoms with Gasteiger partial charge >= 0.3 is 6.09 Å². The minimum atomic E-state index is -3.64. The molecule has 0 bridgehead atoms. The van der Waals surface area contributed by atoms with Crippen molar-refractivity contribution in [1.82, 2.24) is 5.32 Å². The van der Waals surface area contributed by atoms with Crippen LogP contribution in [0, 0.1) is 5.41 Å². The SMILES string of the molecule is CC(C)(C)OC(=O)NCC1(CS(=O)(=O)Cl)CCOCC1. The first-order valence-electron chi connectivity index (χ1n) is 6.48. The fourth-order valence-corrected chi connectivity index (χ4v) is 3.93. The molecule has 0 unspecified atom stereocenters. The molecule has 1 saturated heterocycles. The minimum Gasteiger partial charge on any atom is -0.444 e. The van der Waals surface area contributed by atoms with Crippen LogP contribution in [0.4, 0.5) is 4.79 Å². The van der Waals surface area contributed by atoms with Gasteiger partial charge in [0.1, 0.15) is 5.60 Å². The molecule has 1 aliphatic rings. The van der Waals surface area contributed by atoms with Crippen LogP contribution >= 0.6 is 10.7 Å². The van der Waals surface area contributed by atoms with Crippen molar-refractivity contribution in [2.45, 2.75) is 39.2 Å². The van der Waals surface area contributed by atoms with Crippen LogP contribution in [-0.2, 0) is 18.5 Å². The molecule has 8 heteroatoms. The molecule has 1 heterocycles. The number of alkyl carbamates (subject to hydrolysis) is 1. The quantitative estimate of drug-likeness (QED) is 0.797. The summed E-state index contributed by atoms with van der Waals surface area (Å²) >= 11 is 0. The summed E-state index contributed by atoms with van der Waals surface area (Å²) in [6, 6.07) is 0. The normalized spacial score (nSPS) is 19.4. The number of hydrogen-bond donors (Lipinski definition) is 1. The smallest absolute Gasteiger partial charge is 0.407 e. The van der Waals surface area contributed by atoms with Crippen molar-refractivity contribution < 1.29 is 22.7 Å². The molecular weight excluding hydrogens is 306 g/mol. The molecule has 6 nitrogen and oxygen atoms in total. The number of amides is 1. The summed E-state index contributed by atoms with van der Waals surface area (Å²) < 4.78 is 33.1.